The Kier molecular flexibility index (Phi) is 3.60. The van der Waals surface area contributed by atoms with Crippen LogP contribution in [0.3, 0.4) is 0 Å². The first kappa shape index (κ1) is 14.9. The lowest BCUT2D eigenvalue weighted by atomic mass is 9.99. The van der Waals surface area contributed by atoms with Crippen molar-refractivity contribution in [3.63, 3.8) is 0 Å². The van der Waals surface area contributed by atoms with E-state index in [0.717, 1.165) is 22.0 Å². The molecule has 3 rings (SSSR count). The maximum atomic E-state index is 11.5. The third-order valence-corrected chi connectivity index (χ3v) is 5.03. The molecule has 5 nitrogen and oxygen atoms in total. The van der Waals surface area contributed by atoms with Crippen LogP contribution >= 0.6 is 11.6 Å². The molecule has 0 bridgehead atoms. The van der Waals surface area contributed by atoms with Crippen molar-refractivity contribution in [2.24, 2.45) is 5.14 Å². The molecule has 0 fully saturated rings. The number of benzene rings is 2. The topological polar surface area (TPSA) is 85.9 Å². The summed E-state index contributed by atoms with van der Waals surface area (Å²) >= 11 is 6.17. The maximum absolute atomic E-state index is 11.5. The van der Waals surface area contributed by atoms with Gasteiger partial charge in [0, 0.05) is 11.6 Å². The lowest BCUT2D eigenvalue weighted by Crippen LogP contribution is -2.13. The molecule has 1 aromatic heterocycles. The Hall–Kier alpha value is -2.02. The molecule has 0 atom stereocenters. The van der Waals surface area contributed by atoms with Crippen molar-refractivity contribution in [3.8, 4) is 11.1 Å². The highest BCUT2D eigenvalue weighted by molar-refractivity contribution is 7.89. The molecule has 0 saturated heterocycles. The van der Waals surface area contributed by atoms with E-state index in [9.17, 15) is 8.42 Å². The highest BCUT2D eigenvalue weighted by Gasteiger charge is 2.17. The maximum Gasteiger partial charge on any atom is 0.239 e. The van der Waals surface area contributed by atoms with Crippen LogP contribution in [-0.4, -0.2) is 18.4 Å². The van der Waals surface area contributed by atoms with Crippen molar-refractivity contribution in [1.29, 1.82) is 0 Å². The second kappa shape index (κ2) is 5.31. The number of sulfonamides is 1. The predicted octanol–water partition coefficient (Wildman–Crippen LogP) is 2.91. The van der Waals surface area contributed by atoms with Gasteiger partial charge in [-0.1, -0.05) is 23.7 Å². The Morgan fingerprint density at radius 2 is 1.95 bits per heavy atom. The Balaban J connectivity index is 2.21. The van der Waals surface area contributed by atoms with Gasteiger partial charge in [0.05, 0.1) is 10.5 Å². The molecule has 1 heterocycles. The summed E-state index contributed by atoms with van der Waals surface area (Å²) in [7, 11) is -3.84. The van der Waals surface area contributed by atoms with E-state index in [1.165, 1.54) is 12.4 Å². The zero-order valence-corrected chi connectivity index (χ0v) is 13.2. The van der Waals surface area contributed by atoms with E-state index in [0.29, 0.717) is 5.56 Å². The van der Waals surface area contributed by atoms with Crippen molar-refractivity contribution in [2.45, 2.75) is 11.8 Å². The zero-order chi connectivity index (χ0) is 15.9. The van der Waals surface area contributed by atoms with Gasteiger partial charge < -0.3 is 0 Å². The molecule has 0 unspecified atom stereocenters. The first-order chi connectivity index (χ1) is 10.4. The van der Waals surface area contributed by atoms with Gasteiger partial charge in [-0.15, -0.1) is 0 Å². The molecule has 112 valence electrons. The molecule has 0 radical (unpaired) electrons. The van der Waals surface area contributed by atoms with E-state index >= 15 is 0 Å². The summed E-state index contributed by atoms with van der Waals surface area (Å²) in [5.74, 6) is 0. The average Bonchev–Trinajstić information content (AvgIpc) is 2.48. The number of halogens is 1. The fourth-order valence-corrected chi connectivity index (χ4v) is 3.49. The number of aromatic nitrogens is 2. The summed E-state index contributed by atoms with van der Waals surface area (Å²) in [6.45, 7) is 1.76. The summed E-state index contributed by atoms with van der Waals surface area (Å²) in [6.07, 6.45) is 3.21. The van der Waals surface area contributed by atoms with Crippen molar-refractivity contribution in [1.82, 2.24) is 9.97 Å². The van der Waals surface area contributed by atoms with E-state index < -0.39 is 10.0 Å². The number of hydrogen-bond acceptors (Lipinski definition) is 4. The summed E-state index contributed by atoms with van der Waals surface area (Å²) in [4.78, 5) is 8.10. The number of rotatable bonds is 2. The molecule has 7 heteroatoms. The zero-order valence-electron chi connectivity index (χ0n) is 11.6. The average molecular weight is 334 g/mol. The lowest BCUT2D eigenvalue weighted by Gasteiger charge is -2.11. The van der Waals surface area contributed by atoms with Crippen LogP contribution in [0.2, 0.25) is 5.02 Å². The number of nitrogens with zero attached hydrogens (tertiary/aromatic N) is 2. The number of primary sulfonamides is 1. The third kappa shape index (κ3) is 2.56. The van der Waals surface area contributed by atoms with Crippen LogP contribution in [0, 0.1) is 6.92 Å². The smallest absolute Gasteiger partial charge is 0.239 e. The molecule has 0 aliphatic rings. The largest absolute Gasteiger partial charge is 0.244 e. The number of hydrogen-bond donors (Lipinski definition) is 1. The molecular formula is C15H12ClN3O2S. The van der Waals surface area contributed by atoms with Gasteiger partial charge in [0.25, 0.3) is 0 Å². The van der Waals surface area contributed by atoms with Gasteiger partial charge in [-0.25, -0.2) is 23.5 Å². The fourth-order valence-electron chi connectivity index (χ4n) is 2.34. The summed E-state index contributed by atoms with van der Waals surface area (Å²) in [6, 6.07) is 8.85. The molecule has 2 aromatic carbocycles. The third-order valence-electron chi connectivity index (χ3n) is 3.47. The molecule has 3 aromatic rings. The monoisotopic (exact) mass is 333 g/mol. The van der Waals surface area contributed by atoms with Crippen molar-refractivity contribution < 1.29 is 8.42 Å². The van der Waals surface area contributed by atoms with Crippen LogP contribution in [0.4, 0.5) is 0 Å². The molecule has 0 aliphatic heterocycles. The molecule has 0 amide bonds. The van der Waals surface area contributed by atoms with Crippen LogP contribution in [0.5, 0.6) is 0 Å². The first-order valence-corrected chi connectivity index (χ1v) is 8.32. The van der Waals surface area contributed by atoms with Crippen LogP contribution in [-0.2, 0) is 10.0 Å². The highest BCUT2D eigenvalue weighted by atomic mass is 35.5. The Morgan fingerprint density at radius 3 is 2.68 bits per heavy atom. The molecule has 2 N–H and O–H groups in total. The van der Waals surface area contributed by atoms with Crippen molar-refractivity contribution >= 4 is 32.5 Å². The van der Waals surface area contributed by atoms with E-state index in [-0.39, 0.29) is 9.92 Å². The molecule has 0 spiro atoms. The first-order valence-electron chi connectivity index (χ1n) is 6.40. The van der Waals surface area contributed by atoms with E-state index in [2.05, 4.69) is 9.97 Å². The minimum Gasteiger partial charge on any atom is -0.244 e. The number of nitrogens with two attached hydrogens (primary N) is 1. The highest BCUT2D eigenvalue weighted by Crippen LogP contribution is 2.33. The molecule has 22 heavy (non-hydrogen) atoms. The SMILES string of the molecule is Cc1c(-c2ccc3ncncc3c2)ccc(S(N)(=O)=O)c1Cl. The van der Waals surface area contributed by atoms with Crippen molar-refractivity contribution in [3.05, 3.63) is 53.4 Å². The quantitative estimate of drug-likeness (QED) is 0.781. The minimum absolute atomic E-state index is 0.0699. The van der Waals surface area contributed by atoms with Gasteiger partial charge >= 0.3 is 0 Å². The summed E-state index contributed by atoms with van der Waals surface area (Å²) in [5.41, 5.74) is 3.24. The van der Waals surface area contributed by atoms with Gasteiger partial charge in [0.1, 0.15) is 11.2 Å². The Bertz CT molecular complexity index is 987. The van der Waals surface area contributed by atoms with Gasteiger partial charge in [-0.2, -0.15) is 0 Å². The second-order valence-electron chi connectivity index (χ2n) is 4.89. The predicted molar refractivity (Wildman–Crippen MR) is 86.1 cm³/mol. The van der Waals surface area contributed by atoms with E-state index in [1.807, 2.05) is 18.2 Å². The Labute approximate surface area is 132 Å². The van der Waals surface area contributed by atoms with Gasteiger partial charge in [-0.3, -0.25) is 0 Å². The lowest BCUT2D eigenvalue weighted by molar-refractivity contribution is 0.598. The Morgan fingerprint density at radius 1 is 1.18 bits per heavy atom. The van der Waals surface area contributed by atoms with Crippen LogP contribution in [0.25, 0.3) is 22.0 Å². The van der Waals surface area contributed by atoms with Gasteiger partial charge in [0.15, 0.2) is 0 Å². The molecular weight excluding hydrogens is 322 g/mol. The van der Waals surface area contributed by atoms with E-state index in [4.69, 9.17) is 16.7 Å². The molecule has 0 saturated carbocycles. The fraction of sp³-hybridized carbons (Fsp3) is 0.0667. The van der Waals surface area contributed by atoms with E-state index in [1.54, 1.807) is 19.2 Å². The normalized spacial score (nSPS) is 11.8. The molecule has 0 aliphatic carbocycles. The summed E-state index contributed by atoms with van der Waals surface area (Å²) < 4.78 is 23.0. The van der Waals surface area contributed by atoms with Gasteiger partial charge in [-0.05, 0) is 41.8 Å². The standard InChI is InChI=1S/C15H12ClN3O2S/c1-9-12(3-5-14(15(9)16)22(17,20)21)10-2-4-13-11(6-10)7-18-8-19-13/h2-8H,1H3,(H2,17,20,21). The number of fused-ring (bicyclic) bond motifs is 1. The van der Waals surface area contributed by atoms with Gasteiger partial charge in [0.2, 0.25) is 10.0 Å². The summed E-state index contributed by atoms with van der Waals surface area (Å²) in [5, 5.41) is 6.20. The minimum atomic E-state index is -3.84. The van der Waals surface area contributed by atoms with Crippen molar-refractivity contribution in [2.75, 3.05) is 0 Å². The van der Waals surface area contributed by atoms with Crippen LogP contribution in [0.15, 0.2) is 47.8 Å². The van der Waals surface area contributed by atoms with Crippen LogP contribution < -0.4 is 5.14 Å². The van der Waals surface area contributed by atoms with Crippen LogP contribution in [0.1, 0.15) is 5.56 Å². The second-order valence-corrected chi connectivity index (χ2v) is 6.80.